The molecule has 1 saturated heterocycles. The van der Waals surface area contributed by atoms with Gasteiger partial charge < -0.3 is 10.1 Å². The third-order valence-electron chi connectivity index (χ3n) is 3.76. The molecule has 1 fully saturated rings. The number of methoxy groups -OCH3 is 1. The Bertz CT molecular complexity index is 405. The van der Waals surface area contributed by atoms with Gasteiger partial charge in [-0.15, -0.1) is 0 Å². The number of rotatable bonds is 6. The van der Waals surface area contributed by atoms with Crippen molar-refractivity contribution in [3.05, 3.63) is 28.8 Å². The van der Waals surface area contributed by atoms with Gasteiger partial charge in [-0.1, -0.05) is 11.6 Å². The van der Waals surface area contributed by atoms with Crippen LogP contribution in [0.15, 0.2) is 18.2 Å². The van der Waals surface area contributed by atoms with E-state index in [4.69, 9.17) is 16.3 Å². The molecule has 0 amide bonds. The predicted octanol–water partition coefficient (Wildman–Crippen LogP) is 2.92. The lowest BCUT2D eigenvalue weighted by atomic mass is 10.2. The highest BCUT2D eigenvalue weighted by molar-refractivity contribution is 6.30. The second-order valence-electron chi connectivity index (χ2n) is 5.18. The average Bonchev–Trinajstić information content (AvgIpc) is 2.93. The quantitative estimate of drug-likeness (QED) is 0.868. The van der Waals surface area contributed by atoms with Crippen LogP contribution in [0.4, 0.5) is 0 Å². The average molecular weight is 283 g/mol. The molecule has 19 heavy (non-hydrogen) atoms. The topological polar surface area (TPSA) is 24.5 Å². The van der Waals surface area contributed by atoms with E-state index in [1.807, 2.05) is 18.2 Å². The molecule has 1 atom stereocenters. The van der Waals surface area contributed by atoms with Crippen molar-refractivity contribution in [3.63, 3.8) is 0 Å². The highest BCUT2D eigenvalue weighted by Gasteiger charge is 2.17. The first-order valence-electron chi connectivity index (χ1n) is 6.98. The van der Waals surface area contributed by atoms with Gasteiger partial charge in [0.1, 0.15) is 5.75 Å². The van der Waals surface area contributed by atoms with Crippen molar-refractivity contribution in [1.82, 2.24) is 10.2 Å². The second kappa shape index (κ2) is 7.13. The van der Waals surface area contributed by atoms with E-state index < -0.39 is 0 Å². The zero-order valence-electron chi connectivity index (χ0n) is 11.8. The fourth-order valence-electron chi connectivity index (χ4n) is 2.61. The molecule has 106 valence electrons. The Morgan fingerprint density at radius 1 is 1.37 bits per heavy atom. The summed E-state index contributed by atoms with van der Waals surface area (Å²) in [6.07, 6.45) is 2.68. The first kappa shape index (κ1) is 14.6. The van der Waals surface area contributed by atoms with E-state index in [1.165, 1.54) is 25.9 Å². The van der Waals surface area contributed by atoms with Gasteiger partial charge in [-0.05, 0) is 51.1 Å². The lowest BCUT2D eigenvalue weighted by Crippen LogP contribution is -2.38. The number of hydrogen-bond donors (Lipinski definition) is 1. The van der Waals surface area contributed by atoms with Crippen LogP contribution in [0.3, 0.4) is 0 Å². The summed E-state index contributed by atoms with van der Waals surface area (Å²) in [4.78, 5) is 2.54. The molecule has 3 nitrogen and oxygen atoms in total. The van der Waals surface area contributed by atoms with Gasteiger partial charge in [0.05, 0.1) is 7.11 Å². The van der Waals surface area contributed by atoms with Gasteiger partial charge >= 0.3 is 0 Å². The minimum absolute atomic E-state index is 0.590. The third-order valence-corrected chi connectivity index (χ3v) is 4.00. The van der Waals surface area contributed by atoms with Crippen LogP contribution in [0, 0.1) is 0 Å². The lowest BCUT2D eigenvalue weighted by molar-refractivity contribution is 0.251. The van der Waals surface area contributed by atoms with E-state index in [0.29, 0.717) is 6.04 Å². The Labute approximate surface area is 120 Å². The summed E-state index contributed by atoms with van der Waals surface area (Å²) in [5, 5.41) is 4.25. The summed E-state index contributed by atoms with van der Waals surface area (Å²) >= 11 is 6.03. The van der Waals surface area contributed by atoms with Crippen LogP contribution in [0.1, 0.15) is 25.3 Å². The first-order chi connectivity index (χ1) is 9.20. The summed E-state index contributed by atoms with van der Waals surface area (Å²) in [7, 11) is 1.69. The maximum Gasteiger partial charge on any atom is 0.123 e. The summed E-state index contributed by atoms with van der Waals surface area (Å²) in [5.41, 5.74) is 1.11. The van der Waals surface area contributed by atoms with Gasteiger partial charge in [-0.2, -0.15) is 0 Å². The van der Waals surface area contributed by atoms with Crippen LogP contribution in [-0.4, -0.2) is 37.7 Å². The fraction of sp³-hybridized carbons (Fsp3) is 0.600. The van der Waals surface area contributed by atoms with Gasteiger partial charge in [0.2, 0.25) is 0 Å². The Morgan fingerprint density at radius 2 is 2.11 bits per heavy atom. The number of likely N-dealkylation sites (tertiary alicyclic amines) is 1. The zero-order chi connectivity index (χ0) is 13.7. The highest BCUT2D eigenvalue weighted by atomic mass is 35.5. The maximum atomic E-state index is 6.03. The molecule has 1 unspecified atom stereocenters. The first-order valence-corrected chi connectivity index (χ1v) is 7.35. The number of nitrogens with one attached hydrogen (secondary N) is 1. The molecule has 0 bridgehead atoms. The molecule has 0 spiro atoms. The van der Waals surface area contributed by atoms with Crippen LogP contribution in [-0.2, 0) is 6.54 Å². The normalized spacial score (nSPS) is 17.6. The van der Waals surface area contributed by atoms with Crippen LogP contribution < -0.4 is 10.1 Å². The molecule has 0 aromatic heterocycles. The van der Waals surface area contributed by atoms with Gasteiger partial charge in [-0.3, -0.25) is 4.90 Å². The Hall–Kier alpha value is -0.770. The van der Waals surface area contributed by atoms with Gasteiger partial charge in [0, 0.05) is 29.7 Å². The maximum absolute atomic E-state index is 6.03. The van der Waals surface area contributed by atoms with Crippen molar-refractivity contribution in [3.8, 4) is 5.75 Å². The van der Waals surface area contributed by atoms with Crippen molar-refractivity contribution in [2.45, 2.75) is 32.4 Å². The number of hydrogen-bond acceptors (Lipinski definition) is 3. The minimum atomic E-state index is 0.590. The summed E-state index contributed by atoms with van der Waals surface area (Å²) in [6, 6.07) is 6.33. The Balaban J connectivity index is 1.83. The number of halogens is 1. The van der Waals surface area contributed by atoms with Crippen LogP contribution in [0.25, 0.3) is 0 Å². The predicted molar refractivity (Wildman–Crippen MR) is 80.0 cm³/mol. The molecule has 2 rings (SSSR count). The lowest BCUT2D eigenvalue weighted by Gasteiger charge is -2.24. The van der Waals surface area contributed by atoms with E-state index >= 15 is 0 Å². The largest absolute Gasteiger partial charge is 0.496 e. The van der Waals surface area contributed by atoms with E-state index in [0.717, 1.165) is 29.4 Å². The number of nitrogens with zero attached hydrogens (tertiary/aromatic N) is 1. The van der Waals surface area contributed by atoms with E-state index in [9.17, 15) is 0 Å². The molecule has 4 heteroatoms. The van der Waals surface area contributed by atoms with Crippen molar-refractivity contribution in [2.24, 2.45) is 0 Å². The van der Waals surface area contributed by atoms with Crippen molar-refractivity contribution in [1.29, 1.82) is 0 Å². The summed E-state index contributed by atoms with van der Waals surface area (Å²) < 4.78 is 5.35. The summed E-state index contributed by atoms with van der Waals surface area (Å²) in [6.45, 7) is 6.55. The molecule has 1 aliphatic heterocycles. The molecule has 0 saturated carbocycles. The van der Waals surface area contributed by atoms with Crippen molar-refractivity contribution in [2.75, 3.05) is 26.7 Å². The highest BCUT2D eigenvalue weighted by Crippen LogP contribution is 2.22. The van der Waals surface area contributed by atoms with Crippen molar-refractivity contribution >= 4 is 11.6 Å². The molecule has 0 radical (unpaired) electrons. The SMILES string of the molecule is COc1ccc(Cl)cc1CNCC(C)N1CCCC1. The van der Waals surface area contributed by atoms with Gasteiger partial charge in [0.15, 0.2) is 0 Å². The zero-order valence-corrected chi connectivity index (χ0v) is 12.5. The fourth-order valence-corrected chi connectivity index (χ4v) is 2.81. The Kier molecular flexibility index (Phi) is 5.49. The van der Waals surface area contributed by atoms with Crippen LogP contribution >= 0.6 is 11.6 Å². The standard InChI is InChI=1S/C15H23ClN2O/c1-12(18-7-3-4-8-18)10-17-11-13-9-14(16)5-6-15(13)19-2/h5-6,9,12,17H,3-4,7-8,10-11H2,1-2H3. The van der Waals surface area contributed by atoms with Crippen LogP contribution in [0.2, 0.25) is 5.02 Å². The van der Waals surface area contributed by atoms with Crippen molar-refractivity contribution < 1.29 is 4.74 Å². The molecular weight excluding hydrogens is 260 g/mol. The Morgan fingerprint density at radius 3 is 2.79 bits per heavy atom. The van der Waals surface area contributed by atoms with Gasteiger partial charge in [-0.25, -0.2) is 0 Å². The molecule has 0 aliphatic carbocycles. The molecule has 1 aromatic carbocycles. The molecular formula is C15H23ClN2O. The third kappa shape index (κ3) is 4.10. The van der Waals surface area contributed by atoms with E-state index in [-0.39, 0.29) is 0 Å². The number of ether oxygens (including phenoxy) is 1. The van der Waals surface area contributed by atoms with Gasteiger partial charge in [0.25, 0.3) is 0 Å². The molecule has 1 aromatic rings. The second-order valence-corrected chi connectivity index (χ2v) is 5.62. The smallest absolute Gasteiger partial charge is 0.123 e. The molecule has 1 aliphatic rings. The monoisotopic (exact) mass is 282 g/mol. The van der Waals surface area contributed by atoms with E-state index in [2.05, 4.69) is 17.1 Å². The minimum Gasteiger partial charge on any atom is -0.496 e. The number of benzene rings is 1. The molecule has 1 heterocycles. The summed E-state index contributed by atoms with van der Waals surface area (Å²) in [5.74, 6) is 0.894. The molecule has 1 N–H and O–H groups in total. The van der Waals surface area contributed by atoms with E-state index in [1.54, 1.807) is 7.11 Å². The van der Waals surface area contributed by atoms with Crippen LogP contribution in [0.5, 0.6) is 5.75 Å².